The minimum Gasteiger partial charge on any atom is -0.465 e. The highest BCUT2D eigenvalue weighted by atomic mass is 32.1. The number of aromatic nitrogens is 2. The van der Waals surface area contributed by atoms with Crippen molar-refractivity contribution in [1.29, 1.82) is 0 Å². The molecule has 1 amide bonds. The molecule has 2 aromatic heterocycles. The van der Waals surface area contributed by atoms with Gasteiger partial charge in [0, 0.05) is 10.4 Å². The quantitative estimate of drug-likeness (QED) is 0.834. The number of esters is 1. The zero-order valence-corrected chi connectivity index (χ0v) is 14.7. The van der Waals surface area contributed by atoms with Gasteiger partial charge in [0.2, 0.25) is 5.91 Å². The average molecular weight is 349 g/mol. The maximum absolute atomic E-state index is 12.2. The second-order valence-corrected chi connectivity index (χ2v) is 6.78. The lowest BCUT2D eigenvalue weighted by Gasteiger charge is -2.08. The maximum atomic E-state index is 12.2. The number of thiazole rings is 1. The Balaban J connectivity index is 1.68. The van der Waals surface area contributed by atoms with Crippen molar-refractivity contribution in [2.24, 2.45) is 0 Å². The number of hydrogen-bond acceptors (Lipinski definition) is 7. The van der Waals surface area contributed by atoms with E-state index in [4.69, 9.17) is 9.26 Å². The van der Waals surface area contributed by atoms with E-state index in [0.717, 1.165) is 29.0 Å². The van der Waals surface area contributed by atoms with Crippen LogP contribution >= 0.6 is 11.3 Å². The largest absolute Gasteiger partial charge is 0.465 e. The van der Waals surface area contributed by atoms with Crippen LogP contribution in [0.3, 0.4) is 0 Å². The van der Waals surface area contributed by atoms with Crippen LogP contribution in [0.2, 0.25) is 0 Å². The van der Waals surface area contributed by atoms with E-state index in [1.54, 1.807) is 20.8 Å². The lowest BCUT2D eigenvalue weighted by Crippen LogP contribution is -2.16. The molecule has 2 aromatic rings. The summed E-state index contributed by atoms with van der Waals surface area (Å²) >= 11 is 1.42. The number of carbonyl (C=O) groups is 2. The minimum absolute atomic E-state index is 0.176. The molecular formula is C16H19N3O4S. The number of nitrogens with one attached hydrogen (secondary N) is 1. The smallest absolute Gasteiger partial charge is 0.315 e. The van der Waals surface area contributed by atoms with E-state index < -0.39 is 0 Å². The first-order valence-corrected chi connectivity index (χ1v) is 8.69. The third-order valence-electron chi connectivity index (χ3n) is 4.05. The molecule has 128 valence electrons. The first-order valence-electron chi connectivity index (χ1n) is 7.87. The second-order valence-electron chi connectivity index (χ2n) is 5.70. The zero-order chi connectivity index (χ0) is 17.3. The summed E-state index contributed by atoms with van der Waals surface area (Å²) in [4.78, 5) is 29.7. The van der Waals surface area contributed by atoms with Crippen LogP contribution in [0.5, 0.6) is 0 Å². The van der Waals surface area contributed by atoms with Crippen molar-refractivity contribution in [1.82, 2.24) is 10.1 Å². The molecule has 3 rings (SSSR count). The van der Waals surface area contributed by atoms with Gasteiger partial charge in [-0.25, -0.2) is 4.98 Å². The van der Waals surface area contributed by atoms with Gasteiger partial charge in [0.05, 0.1) is 24.4 Å². The van der Waals surface area contributed by atoms with Crippen molar-refractivity contribution in [3.8, 4) is 0 Å². The summed E-state index contributed by atoms with van der Waals surface area (Å²) < 4.78 is 10.2. The molecule has 1 aliphatic rings. The molecule has 0 radical (unpaired) electrons. The summed E-state index contributed by atoms with van der Waals surface area (Å²) in [5.74, 6) is -0.0873. The molecule has 0 fully saturated rings. The zero-order valence-electron chi connectivity index (χ0n) is 13.8. The van der Waals surface area contributed by atoms with Crippen molar-refractivity contribution < 1.29 is 18.8 Å². The normalized spacial score (nSPS) is 16.0. The van der Waals surface area contributed by atoms with Crippen molar-refractivity contribution in [3.63, 3.8) is 0 Å². The molecule has 7 nitrogen and oxygen atoms in total. The van der Waals surface area contributed by atoms with Crippen LogP contribution in [0.25, 0.3) is 0 Å². The predicted octanol–water partition coefficient (Wildman–Crippen LogP) is 2.52. The van der Waals surface area contributed by atoms with Crippen molar-refractivity contribution in [2.75, 3.05) is 11.9 Å². The number of anilines is 1. The number of nitrogens with zero attached hydrogens (tertiary/aromatic N) is 2. The van der Waals surface area contributed by atoms with E-state index in [-0.39, 0.29) is 24.2 Å². The summed E-state index contributed by atoms with van der Waals surface area (Å²) in [6.45, 7) is 5.73. The highest BCUT2D eigenvalue weighted by molar-refractivity contribution is 7.16. The fourth-order valence-electron chi connectivity index (χ4n) is 2.83. The molecule has 1 aliphatic carbocycles. The van der Waals surface area contributed by atoms with E-state index in [2.05, 4.69) is 15.5 Å². The number of fused-ring (bicyclic) bond motifs is 1. The topological polar surface area (TPSA) is 94.3 Å². The maximum Gasteiger partial charge on any atom is 0.315 e. The van der Waals surface area contributed by atoms with Crippen LogP contribution in [0.4, 0.5) is 5.13 Å². The van der Waals surface area contributed by atoms with Crippen LogP contribution in [0, 0.1) is 13.8 Å². The lowest BCUT2D eigenvalue weighted by atomic mass is 10.1. The molecule has 0 bridgehead atoms. The molecule has 1 N–H and O–H groups in total. The molecule has 0 saturated heterocycles. The fraction of sp³-hybridized carbons (Fsp3) is 0.500. The Morgan fingerprint density at radius 3 is 2.88 bits per heavy atom. The summed E-state index contributed by atoms with van der Waals surface area (Å²) in [6.07, 6.45) is 1.70. The fourth-order valence-corrected chi connectivity index (χ4v) is 3.89. The van der Waals surface area contributed by atoms with Gasteiger partial charge in [0.15, 0.2) is 5.13 Å². The van der Waals surface area contributed by atoms with Gasteiger partial charge in [-0.3, -0.25) is 9.59 Å². The molecule has 2 heterocycles. The Bertz CT molecular complexity index is 761. The Labute approximate surface area is 143 Å². The Morgan fingerprint density at radius 1 is 1.42 bits per heavy atom. The Hall–Kier alpha value is -2.22. The van der Waals surface area contributed by atoms with Crippen molar-refractivity contribution >= 4 is 28.3 Å². The van der Waals surface area contributed by atoms with Crippen LogP contribution in [-0.4, -0.2) is 28.6 Å². The van der Waals surface area contributed by atoms with Gasteiger partial charge >= 0.3 is 5.97 Å². The minimum atomic E-state index is -0.315. The molecule has 0 spiro atoms. The molecule has 0 aliphatic heterocycles. The number of aryl methyl sites for hydroxylation is 3. The molecule has 0 aromatic carbocycles. The van der Waals surface area contributed by atoms with E-state index in [0.29, 0.717) is 23.2 Å². The second kappa shape index (κ2) is 6.72. The van der Waals surface area contributed by atoms with Gasteiger partial charge in [-0.1, -0.05) is 5.16 Å². The molecule has 8 heteroatoms. The lowest BCUT2D eigenvalue weighted by molar-refractivity contribution is -0.145. The average Bonchev–Trinajstić information content (AvgIpc) is 3.17. The SMILES string of the molecule is CCOC(=O)C1CCc2sc(NC(=O)Cc3c(C)noc3C)nc21. The first-order chi connectivity index (χ1) is 11.5. The van der Waals surface area contributed by atoms with E-state index in [1.807, 2.05) is 0 Å². The van der Waals surface area contributed by atoms with Gasteiger partial charge in [0.25, 0.3) is 0 Å². The van der Waals surface area contributed by atoms with Crippen LogP contribution in [-0.2, 0) is 27.2 Å². The van der Waals surface area contributed by atoms with Crippen molar-refractivity contribution in [3.05, 3.63) is 27.6 Å². The van der Waals surface area contributed by atoms with Gasteiger partial charge < -0.3 is 14.6 Å². The van der Waals surface area contributed by atoms with Gasteiger partial charge in [0.1, 0.15) is 11.7 Å². The third-order valence-corrected chi connectivity index (χ3v) is 5.10. The Morgan fingerprint density at radius 2 is 2.21 bits per heavy atom. The van der Waals surface area contributed by atoms with Crippen LogP contribution < -0.4 is 5.32 Å². The number of rotatable bonds is 5. The monoisotopic (exact) mass is 349 g/mol. The van der Waals surface area contributed by atoms with E-state index in [1.165, 1.54) is 11.3 Å². The van der Waals surface area contributed by atoms with Crippen molar-refractivity contribution in [2.45, 2.75) is 46.0 Å². The van der Waals surface area contributed by atoms with Gasteiger partial charge in [-0.05, 0) is 33.6 Å². The molecule has 1 atom stereocenters. The first kappa shape index (κ1) is 16.6. The van der Waals surface area contributed by atoms with Gasteiger partial charge in [-0.15, -0.1) is 11.3 Å². The van der Waals surface area contributed by atoms with Crippen LogP contribution in [0.1, 0.15) is 46.9 Å². The molecular weight excluding hydrogens is 330 g/mol. The molecule has 24 heavy (non-hydrogen) atoms. The number of hydrogen-bond donors (Lipinski definition) is 1. The van der Waals surface area contributed by atoms with Gasteiger partial charge in [-0.2, -0.15) is 0 Å². The number of amides is 1. The summed E-state index contributed by atoms with van der Waals surface area (Å²) in [6, 6.07) is 0. The number of ether oxygens (including phenoxy) is 1. The van der Waals surface area contributed by atoms with E-state index in [9.17, 15) is 9.59 Å². The molecule has 1 unspecified atom stereocenters. The third kappa shape index (κ3) is 3.19. The Kier molecular flexibility index (Phi) is 4.66. The standard InChI is InChI=1S/C16H19N3O4S/c1-4-22-15(21)10-5-6-12-14(10)18-16(24-12)17-13(20)7-11-8(2)19-23-9(11)3/h10H,4-7H2,1-3H3,(H,17,18,20). The number of carbonyl (C=O) groups excluding carboxylic acids is 2. The van der Waals surface area contributed by atoms with Crippen LogP contribution in [0.15, 0.2) is 4.52 Å². The summed E-state index contributed by atoms with van der Waals surface area (Å²) in [5, 5.41) is 7.17. The highest BCUT2D eigenvalue weighted by Crippen LogP contribution is 2.39. The molecule has 0 saturated carbocycles. The predicted molar refractivity (Wildman–Crippen MR) is 88.1 cm³/mol. The summed E-state index contributed by atoms with van der Waals surface area (Å²) in [5.41, 5.74) is 2.25. The highest BCUT2D eigenvalue weighted by Gasteiger charge is 2.33. The van der Waals surface area contributed by atoms with E-state index >= 15 is 0 Å². The summed E-state index contributed by atoms with van der Waals surface area (Å²) in [7, 11) is 0.